The number of hydrogen-bond donors (Lipinski definition) is 0. The van der Waals surface area contributed by atoms with Crippen molar-refractivity contribution in [2.24, 2.45) is 23.7 Å². The fourth-order valence-electron chi connectivity index (χ4n) is 5.37. The van der Waals surface area contributed by atoms with Gasteiger partial charge < -0.3 is 0 Å². The van der Waals surface area contributed by atoms with Crippen molar-refractivity contribution in [1.82, 2.24) is 0 Å². The van der Waals surface area contributed by atoms with Crippen molar-refractivity contribution in [1.29, 1.82) is 0 Å². The molecule has 4 aliphatic rings. The van der Waals surface area contributed by atoms with Crippen molar-refractivity contribution in [3.05, 3.63) is 52.0 Å². The van der Waals surface area contributed by atoms with Crippen LogP contribution in [0.3, 0.4) is 0 Å². The van der Waals surface area contributed by atoms with Crippen LogP contribution in [0.5, 0.6) is 0 Å². The van der Waals surface area contributed by atoms with Gasteiger partial charge in [-0.25, -0.2) is 4.90 Å². The molecule has 2 amide bonds. The van der Waals surface area contributed by atoms with Crippen molar-refractivity contribution in [3.8, 4) is 0 Å². The number of amides is 2. The van der Waals surface area contributed by atoms with Crippen LogP contribution in [0.25, 0.3) is 0 Å². The van der Waals surface area contributed by atoms with E-state index in [9.17, 15) is 9.59 Å². The van der Waals surface area contributed by atoms with Crippen LogP contribution in [0.2, 0.25) is 0 Å². The van der Waals surface area contributed by atoms with Gasteiger partial charge in [-0.3, -0.25) is 9.59 Å². The summed E-state index contributed by atoms with van der Waals surface area (Å²) in [5.74, 6) is -0.108. The summed E-state index contributed by atoms with van der Waals surface area (Å²) in [6.45, 7) is 0. The minimum Gasteiger partial charge on any atom is -0.274 e. The van der Waals surface area contributed by atoms with Gasteiger partial charge in [-0.05, 0) is 43.9 Å². The molecule has 1 aliphatic heterocycles. The van der Waals surface area contributed by atoms with Crippen LogP contribution in [-0.2, 0) is 9.59 Å². The van der Waals surface area contributed by atoms with E-state index in [1.54, 1.807) is 0 Å². The molecule has 3 nitrogen and oxygen atoms in total. The fourth-order valence-corrected chi connectivity index (χ4v) is 5.76. The van der Waals surface area contributed by atoms with Crippen LogP contribution < -0.4 is 4.90 Å². The lowest BCUT2D eigenvalue weighted by Gasteiger charge is -2.23. The third kappa shape index (κ3) is 2.16. The predicted octanol–water partition coefficient (Wildman–Crippen LogP) is 4.63. The van der Waals surface area contributed by atoms with Gasteiger partial charge in [0.2, 0.25) is 11.8 Å². The number of fused-ring (bicyclic) bond motifs is 5. The maximum Gasteiger partial charge on any atom is 0.238 e. The van der Waals surface area contributed by atoms with Gasteiger partial charge in [-0.1, -0.05) is 51.7 Å². The Labute approximate surface area is 155 Å². The highest BCUT2D eigenvalue weighted by Crippen LogP contribution is 2.58. The summed E-state index contributed by atoms with van der Waals surface area (Å²) < 4.78 is 0.883. The Balaban J connectivity index is 1.54. The topological polar surface area (TPSA) is 37.4 Å². The molecule has 4 heteroatoms. The molecule has 1 saturated heterocycles. The van der Waals surface area contributed by atoms with Gasteiger partial charge in [-0.2, -0.15) is 0 Å². The summed E-state index contributed by atoms with van der Waals surface area (Å²) in [5.41, 5.74) is 3.64. The zero-order valence-electron chi connectivity index (χ0n) is 14.0. The first-order valence-electron chi connectivity index (χ1n) is 9.20. The van der Waals surface area contributed by atoms with Gasteiger partial charge in [-0.15, -0.1) is 0 Å². The van der Waals surface area contributed by atoms with E-state index in [0.29, 0.717) is 5.69 Å². The smallest absolute Gasteiger partial charge is 0.238 e. The molecular formula is C21H20BrNO2. The van der Waals surface area contributed by atoms with Crippen LogP contribution in [-0.4, -0.2) is 11.8 Å². The summed E-state index contributed by atoms with van der Waals surface area (Å²) in [7, 11) is 0. The van der Waals surface area contributed by atoms with E-state index in [0.717, 1.165) is 17.3 Å². The fraction of sp³-hybridized carbons (Fsp3) is 0.429. The van der Waals surface area contributed by atoms with E-state index < -0.39 is 0 Å². The van der Waals surface area contributed by atoms with Crippen LogP contribution in [0, 0.1) is 23.7 Å². The SMILES string of the molecule is O=C1[C@@H]2[C@H](C(=O)N1c1cccc(Br)c1)[C@H]1C=C[C@H]2C1=C1CCCCC1. The average Bonchev–Trinajstić information content (AvgIpc) is 3.25. The minimum atomic E-state index is -0.189. The number of anilines is 1. The van der Waals surface area contributed by atoms with Gasteiger partial charge in [0.15, 0.2) is 0 Å². The zero-order valence-corrected chi connectivity index (χ0v) is 15.5. The third-order valence-electron chi connectivity index (χ3n) is 6.35. The summed E-state index contributed by atoms with van der Waals surface area (Å²) in [5, 5.41) is 0. The normalized spacial score (nSPS) is 33.6. The van der Waals surface area contributed by atoms with Crippen molar-refractivity contribution < 1.29 is 9.59 Å². The summed E-state index contributed by atoms with van der Waals surface area (Å²) in [4.78, 5) is 27.7. The lowest BCUT2D eigenvalue weighted by atomic mass is 9.85. The molecule has 3 fully saturated rings. The van der Waals surface area contributed by atoms with Crippen LogP contribution in [0.4, 0.5) is 5.69 Å². The van der Waals surface area contributed by atoms with Crippen molar-refractivity contribution in [2.75, 3.05) is 4.90 Å². The van der Waals surface area contributed by atoms with Crippen molar-refractivity contribution in [3.63, 3.8) is 0 Å². The molecule has 0 aromatic heterocycles. The summed E-state index contributed by atoms with van der Waals surface area (Å²) in [6.07, 6.45) is 10.5. The van der Waals surface area contributed by atoms with E-state index >= 15 is 0 Å². The number of imide groups is 1. The third-order valence-corrected chi connectivity index (χ3v) is 6.84. The first-order valence-corrected chi connectivity index (χ1v) is 9.99. The number of carbonyl (C=O) groups excluding carboxylic acids is 2. The molecule has 5 rings (SSSR count). The van der Waals surface area contributed by atoms with Gasteiger partial charge >= 0.3 is 0 Å². The van der Waals surface area contributed by atoms with Gasteiger partial charge in [0.05, 0.1) is 17.5 Å². The van der Waals surface area contributed by atoms with E-state index in [-0.39, 0.29) is 35.5 Å². The Morgan fingerprint density at radius 3 is 2.16 bits per heavy atom. The Bertz CT molecular complexity index is 798. The highest BCUT2D eigenvalue weighted by atomic mass is 79.9. The average molecular weight is 398 g/mol. The number of nitrogens with zero attached hydrogens (tertiary/aromatic N) is 1. The lowest BCUT2D eigenvalue weighted by molar-refractivity contribution is -0.122. The molecule has 1 aromatic carbocycles. The molecule has 25 heavy (non-hydrogen) atoms. The molecule has 2 saturated carbocycles. The zero-order chi connectivity index (χ0) is 17.1. The van der Waals surface area contributed by atoms with Crippen LogP contribution in [0.15, 0.2) is 52.0 Å². The Hall–Kier alpha value is -1.68. The van der Waals surface area contributed by atoms with Gasteiger partial charge in [0.25, 0.3) is 0 Å². The standard InChI is InChI=1S/C21H20BrNO2/c22-13-7-4-8-14(11-13)23-20(24)18-15-9-10-16(19(18)21(23)25)17(15)12-5-2-1-3-6-12/h4,7-11,15-16,18-19H,1-3,5-6H2/t15-,16-,18-,19+/m0/s1. The van der Waals surface area contributed by atoms with E-state index in [1.165, 1.54) is 35.3 Å². The maximum atomic E-state index is 13.2. The predicted molar refractivity (Wildman–Crippen MR) is 99.8 cm³/mol. The molecule has 1 aromatic rings. The van der Waals surface area contributed by atoms with Crippen molar-refractivity contribution in [2.45, 2.75) is 32.1 Å². The Morgan fingerprint density at radius 2 is 1.56 bits per heavy atom. The number of benzene rings is 1. The van der Waals surface area contributed by atoms with Crippen LogP contribution in [0.1, 0.15) is 32.1 Å². The number of rotatable bonds is 1. The number of allylic oxidation sites excluding steroid dienone is 4. The molecule has 2 bridgehead atoms. The first kappa shape index (κ1) is 15.6. The molecule has 1 heterocycles. The van der Waals surface area contributed by atoms with E-state index in [4.69, 9.17) is 0 Å². The Kier molecular flexibility index (Phi) is 3.53. The number of hydrogen-bond acceptors (Lipinski definition) is 2. The minimum absolute atomic E-state index is 0.0149. The first-order chi connectivity index (χ1) is 12.2. The molecule has 0 N–H and O–H groups in total. The molecule has 0 radical (unpaired) electrons. The molecule has 128 valence electrons. The second-order valence-electron chi connectivity index (χ2n) is 7.60. The number of halogens is 1. The second kappa shape index (κ2) is 5.66. The maximum absolute atomic E-state index is 13.2. The van der Waals surface area contributed by atoms with Gasteiger partial charge in [0, 0.05) is 16.3 Å². The number of carbonyl (C=O) groups is 2. The molecule has 0 unspecified atom stereocenters. The highest BCUT2D eigenvalue weighted by molar-refractivity contribution is 9.10. The Morgan fingerprint density at radius 1 is 0.920 bits per heavy atom. The molecule has 4 atom stereocenters. The largest absolute Gasteiger partial charge is 0.274 e. The van der Waals surface area contributed by atoms with Crippen molar-refractivity contribution >= 4 is 33.4 Å². The van der Waals surface area contributed by atoms with Gasteiger partial charge in [0.1, 0.15) is 0 Å². The van der Waals surface area contributed by atoms with E-state index in [2.05, 4.69) is 28.1 Å². The monoisotopic (exact) mass is 397 g/mol. The highest BCUT2D eigenvalue weighted by Gasteiger charge is 2.62. The second-order valence-corrected chi connectivity index (χ2v) is 8.52. The molecule has 0 spiro atoms. The summed E-state index contributed by atoms with van der Waals surface area (Å²) in [6, 6.07) is 7.48. The van der Waals surface area contributed by atoms with E-state index in [1.807, 2.05) is 24.3 Å². The molecule has 3 aliphatic carbocycles. The quantitative estimate of drug-likeness (QED) is 0.511. The summed E-state index contributed by atoms with van der Waals surface area (Å²) >= 11 is 3.44. The van der Waals surface area contributed by atoms with Crippen LogP contribution >= 0.6 is 15.9 Å². The molecular weight excluding hydrogens is 378 g/mol. The lowest BCUT2D eigenvalue weighted by Crippen LogP contribution is -2.33.